The summed E-state index contributed by atoms with van der Waals surface area (Å²) in [6, 6.07) is -0.745. The zero-order valence-corrected chi connectivity index (χ0v) is 9.19. The van der Waals surface area contributed by atoms with Crippen LogP contribution < -0.4 is 5.32 Å². The number of hydrogen-bond donors (Lipinski definition) is 2. The van der Waals surface area contributed by atoms with Gasteiger partial charge in [0.1, 0.15) is 6.04 Å². The minimum Gasteiger partial charge on any atom is -0.480 e. The van der Waals surface area contributed by atoms with E-state index in [0.29, 0.717) is 0 Å². The Hall–Kier alpha value is -1.10. The van der Waals surface area contributed by atoms with E-state index in [9.17, 15) is 9.59 Å². The molecule has 2 atom stereocenters. The number of carboxylic acid groups (broad SMARTS) is 1. The molecule has 1 heterocycles. The quantitative estimate of drug-likeness (QED) is 0.689. The summed E-state index contributed by atoms with van der Waals surface area (Å²) in [7, 11) is 1.97. The first-order valence-electron chi connectivity index (χ1n) is 5.19. The minimum absolute atomic E-state index is 0.0187. The molecule has 5 heteroatoms. The lowest BCUT2D eigenvalue weighted by molar-refractivity contribution is -0.143. The van der Waals surface area contributed by atoms with Gasteiger partial charge in [0, 0.05) is 19.4 Å². The summed E-state index contributed by atoms with van der Waals surface area (Å²) >= 11 is 0. The number of carbonyl (C=O) groups is 2. The fourth-order valence-corrected chi connectivity index (χ4v) is 2.08. The monoisotopic (exact) mass is 214 g/mol. The van der Waals surface area contributed by atoms with Crippen LogP contribution in [0.5, 0.6) is 0 Å². The molecule has 1 rings (SSSR count). The predicted molar refractivity (Wildman–Crippen MR) is 55.5 cm³/mol. The van der Waals surface area contributed by atoms with Crippen LogP contribution in [0.15, 0.2) is 0 Å². The average Bonchev–Trinajstić information content (AvgIpc) is 2.13. The van der Waals surface area contributed by atoms with Crippen molar-refractivity contribution in [2.24, 2.45) is 5.92 Å². The maximum absolute atomic E-state index is 11.0. The van der Waals surface area contributed by atoms with E-state index >= 15 is 0 Å². The third kappa shape index (κ3) is 3.51. The molecule has 2 unspecified atom stereocenters. The molecule has 0 radical (unpaired) electrons. The van der Waals surface area contributed by atoms with E-state index in [0.717, 1.165) is 25.9 Å². The predicted octanol–water partition coefficient (Wildman–Crippen LogP) is -0.0825. The minimum atomic E-state index is -0.939. The third-order valence-electron chi connectivity index (χ3n) is 2.76. The molecule has 15 heavy (non-hydrogen) atoms. The molecule has 1 aliphatic heterocycles. The van der Waals surface area contributed by atoms with Crippen molar-refractivity contribution in [3.8, 4) is 0 Å². The molecule has 0 aromatic heterocycles. The standard InChI is InChI=1S/C10H18N2O3/c1-7(13)11-9(10(14)15)8-4-3-5-12(2)6-8/h8-9H,3-6H2,1-2H3,(H,11,13)(H,14,15). The van der Waals surface area contributed by atoms with E-state index in [2.05, 4.69) is 10.2 Å². The van der Waals surface area contributed by atoms with Crippen molar-refractivity contribution in [2.45, 2.75) is 25.8 Å². The molecule has 5 nitrogen and oxygen atoms in total. The lowest BCUT2D eigenvalue weighted by Crippen LogP contribution is -2.50. The summed E-state index contributed by atoms with van der Waals surface area (Å²) in [5, 5.41) is 11.5. The first kappa shape index (κ1) is 12.0. The number of aliphatic carboxylic acids is 1. The van der Waals surface area contributed by atoms with Gasteiger partial charge in [0.2, 0.25) is 5.91 Å². The Morgan fingerprint density at radius 1 is 1.53 bits per heavy atom. The van der Waals surface area contributed by atoms with Crippen molar-refractivity contribution in [1.82, 2.24) is 10.2 Å². The molecule has 1 aliphatic rings. The van der Waals surface area contributed by atoms with E-state index in [1.54, 1.807) is 0 Å². The van der Waals surface area contributed by atoms with Gasteiger partial charge in [-0.1, -0.05) is 0 Å². The highest BCUT2D eigenvalue weighted by Crippen LogP contribution is 2.18. The molecule has 0 aromatic carbocycles. The molecule has 2 N–H and O–H groups in total. The van der Waals surface area contributed by atoms with Gasteiger partial charge >= 0.3 is 5.97 Å². The van der Waals surface area contributed by atoms with Gasteiger partial charge in [-0.2, -0.15) is 0 Å². The van der Waals surface area contributed by atoms with Gasteiger partial charge in [0.15, 0.2) is 0 Å². The van der Waals surface area contributed by atoms with Gasteiger partial charge in [-0.05, 0) is 26.4 Å². The lowest BCUT2D eigenvalue weighted by atomic mass is 9.91. The zero-order valence-electron chi connectivity index (χ0n) is 9.19. The summed E-state index contributed by atoms with van der Waals surface area (Å²) < 4.78 is 0. The van der Waals surface area contributed by atoms with E-state index in [1.165, 1.54) is 6.92 Å². The van der Waals surface area contributed by atoms with Crippen LogP contribution in [0.4, 0.5) is 0 Å². The maximum atomic E-state index is 11.0. The van der Waals surface area contributed by atoms with Gasteiger partial charge < -0.3 is 15.3 Å². The van der Waals surface area contributed by atoms with E-state index in [1.807, 2.05) is 7.05 Å². The van der Waals surface area contributed by atoms with Crippen molar-refractivity contribution in [1.29, 1.82) is 0 Å². The maximum Gasteiger partial charge on any atom is 0.326 e. The van der Waals surface area contributed by atoms with Gasteiger partial charge in [-0.25, -0.2) is 4.79 Å². The first-order chi connectivity index (χ1) is 7.00. The molecule has 86 valence electrons. The van der Waals surface area contributed by atoms with Crippen LogP contribution in [0.25, 0.3) is 0 Å². The van der Waals surface area contributed by atoms with E-state index in [4.69, 9.17) is 5.11 Å². The molecular weight excluding hydrogens is 196 g/mol. The van der Waals surface area contributed by atoms with Crippen LogP contribution in [-0.2, 0) is 9.59 Å². The van der Waals surface area contributed by atoms with Crippen molar-refractivity contribution >= 4 is 11.9 Å². The molecule has 1 saturated heterocycles. The molecule has 0 aromatic rings. The number of piperidine rings is 1. The van der Waals surface area contributed by atoms with Crippen LogP contribution >= 0.6 is 0 Å². The number of hydrogen-bond acceptors (Lipinski definition) is 3. The Balaban J connectivity index is 2.61. The number of rotatable bonds is 3. The highest BCUT2D eigenvalue weighted by Gasteiger charge is 2.31. The van der Waals surface area contributed by atoms with Crippen LogP contribution in [0.1, 0.15) is 19.8 Å². The summed E-state index contributed by atoms with van der Waals surface area (Å²) in [5.41, 5.74) is 0. The number of nitrogens with one attached hydrogen (secondary N) is 1. The Bertz CT molecular complexity index is 255. The highest BCUT2D eigenvalue weighted by molar-refractivity contribution is 5.82. The average molecular weight is 214 g/mol. The SMILES string of the molecule is CC(=O)NC(C(=O)O)C1CCCN(C)C1. The van der Waals surface area contributed by atoms with E-state index in [-0.39, 0.29) is 11.8 Å². The number of likely N-dealkylation sites (tertiary alicyclic amines) is 1. The van der Waals surface area contributed by atoms with Crippen molar-refractivity contribution < 1.29 is 14.7 Å². The lowest BCUT2D eigenvalue weighted by Gasteiger charge is -2.33. The number of nitrogens with zero attached hydrogens (tertiary/aromatic N) is 1. The highest BCUT2D eigenvalue weighted by atomic mass is 16.4. The number of carboxylic acids is 1. The van der Waals surface area contributed by atoms with Crippen molar-refractivity contribution in [2.75, 3.05) is 20.1 Å². The zero-order chi connectivity index (χ0) is 11.4. The van der Waals surface area contributed by atoms with Crippen LogP contribution in [0, 0.1) is 5.92 Å². The van der Waals surface area contributed by atoms with Crippen molar-refractivity contribution in [3.63, 3.8) is 0 Å². The molecule has 0 aliphatic carbocycles. The third-order valence-corrected chi connectivity index (χ3v) is 2.76. The number of amides is 1. The van der Waals surface area contributed by atoms with Crippen LogP contribution in [0.3, 0.4) is 0 Å². The number of carbonyl (C=O) groups excluding carboxylic acids is 1. The van der Waals surface area contributed by atoms with Crippen molar-refractivity contribution in [3.05, 3.63) is 0 Å². The summed E-state index contributed by atoms with van der Waals surface area (Å²) in [6.45, 7) is 3.09. The van der Waals surface area contributed by atoms with E-state index < -0.39 is 12.0 Å². The second kappa shape index (κ2) is 5.11. The van der Waals surface area contributed by atoms with Gasteiger partial charge in [-0.15, -0.1) is 0 Å². The second-order valence-electron chi connectivity index (χ2n) is 4.18. The Labute approximate surface area is 89.4 Å². The Morgan fingerprint density at radius 3 is 2.67 bits per heavy atom. The molecular formula is C10H18N2O3. The summed E-state index contributed by atoms with van der Waals surface area (Å²) in [5.74, 6) is -1.20. The Kier molecular flexibility index (Phi) is 4.08. The fourth-order valence-electron chi connectivity index (χ4n) is 2.08. The topological polar surface area (TPSA) is 69.6 Å². The smallest absolute Gasteiger partial charge is 0.326 e. The first-order valence-corrected chi connectivity index (χ1v) is 5.19. The van der Waals surface area contributed by atoms with Crippen LogP contribution in [-0.4, -0.2) is 48.1 Å². The Morgan fingerprint density at radius 2 is 2.20 bits per heavy atom. The molecule has 0 spiro atoms. The summed E-state index contributed by atoms with van der Waals surface area (Å²) in [4.78, 5) is 24.0. The van der Waals surface area contributed by atoms with Gasteiger partial charge in [0.25, 0.3) is 0 Å². The second-order valence-corrected chi connectivity index (χ2v) is 4.18. The fraction of sp³-hybridized carbons (Fsp3) is 0.800. The van der Waals surface area contributed by atoms with Gasteiger partial charge in [-0.3, -0.25) is 4.79 Å². The molecule has 1 fully saturated rings. The summed E-state index contributed by atoms with van der Waals surface area (Å²) in [6.07, 6.45) is 1.85. The molecule has 0 bridgehead atoms. The van der Waals surface area contributed by atoms with Crippen LogP contribution in [0.2, 0.25) is 0 Å². The molecule has 0 saturated carbocycles. The normalized spacial score (nSPS) is 24.5. The molecule has 1 amide bonds. The van der Waals surface area contributed by atoms with Gasteiger partial charge in [0.05, 0.1) is 0 Å². The largest absolute Gasteiger partial charge is 0.480 e.